The molecule has 0 saturated carbocycles. The monoisotopic (exact) mass is 416 g/mol. The Morgan fingerprint density at radius 3 is 2.39 bits per heavy atom. The molecule has 31 heavy (non-hydrogen) atoms. The van der Waals surface area contributed by atoms with Crippen molar-refractivity contribution in [3.63, 3.8) is 0 Å². The first-order valence-corrected chi connectivity index (χ1v) is 9.73. The Hall–Kier alpha value is -4.20. The Morgan fingerprint density at radius 2 is 1.65 bits per heavy atom. The van der Waals surface area contributed by atoms with E-state index >= 15 is 0 Å². The molecule has 156 valence electrons. The SMILES string of the molecule is O=C(CNC(=O)c1nn(Cc2ccccc2)c(=O)c2ccccc12)NCc1ccco1. The zero-order valence-corrected chi connectivity index (χ0v) is 16.6. The standard InChI is InChI=1S/C23H20N4O4/c28-20(24-13-17-9-6-12-31-17)14-25-22(29)21-18-10-4-5-11-19(18)23(30)27(26-21)15-16-7-2-1-3-8-16/h1-12H,13-15H2,(H,24,28)(H,25,29). The third-order valence-electron chi connectivity index (χ3n) is 4.71. The van der Waals surface area contributed by atoms with Crippen molar-refractivity contribution in [3.8, 4) is 0 Å². The molecule has 0 aliphatic rings. The number of hydrogen-bond acceptors (Lipinski definition) is 5. The van der Waals surface area contributed by atoms with Crippen molar-refractivity contribution < 1.29 is 14.0 Å². The molecule has 8 nitrogen and oxygen atoms in total. The smallest absolute Gasteiger partial charge is 0.274 e. The minimum absolute atomic E-state index is 0.0879. The van der Waals surface area contributed by atoms with E-state index in [1.165, 1.54) is 10.9 Å². The summed E-state index contributed by atoms with van der Waals surface area (Å²) in [6.45, 7) is 0.229. The molecule has 0 aliphatic heterocycles. The maximum absolute atomic E-state index is 12.9. The number of fused-ring (bicyclic) bond motifs is 1. The van der Waals surface area contributed by atoms with Gasteiger partial charge in [0.2, 0.25) is 5.91 Å². The summed E-state index contributed by atoms with van der Waals surface area (Å²) in [4.78, 5) is 37.7. The lowest BCUT2D eigenvalue weighted by atomic mass is 10.1. The van der Waals surface area contributed by atoms with Crippen LogP contribution in [0.15, 0.2) is 82.2 Å². The van der Waals surface area contributed by atoms with Crippen molar-refractivity contribution >= 4 is 22.6 Å². The molecule has 0 aliphatic carbocycles. The summed E-state index contributed by atoms with van der Waals surface area (Å²) in [5.74, 6) is -0.293. The van der Waals surface area contributed by atoms with Gasteiger partial charge in [0, 0.05) is 5.39 Å². The minimum atomic E-state index is -0.536. The molecule has 0 atom stereocenters. The van der Waals surface area contributed by atoms with E-state index in [9.17, 15) is 14.4 Å². The molecule has 0 spiro atoms. The van der Waals surface area contributed by atoms with E-state index in [-0.39, 0.29) is 36.8 Å². The van der Waals surface area contributed by atoms with Crippen LogP contribution in [0.1, 0.15) is 21.8 Å². The van der Waals surface area contributed by atoms with Crippen LogP contribution in [0.5, 0.6) is 0 Å². The van der Waals surface area contributed by atoms with Gasteiger partial charge in [0.15, 0.2) is 5.69 Å². The average Bonchev–Trinajstić information content (AvgIpc) is 3.32. The molecule has 0 fully saturated rings. The Balaban J connectivity index is 1.54. The van der Waals surface area contributed by atoms with Crippen molar-refractivity contribution in [3.05, 3.63) is 100 Å². The molecule has 2 heterocycles. The molecule has 8 heteroatoms. The van der Waals surface area contributed by atoms with Crippen molar-refractivity contribution in [2.75, 3.05) is 6.54 Å². The van der Waals surface area contributed by atoms with Gasteiger partial charge in [-0.25, -0.2) is 4.68 Å². The van der Waals surface area contributed by atoms with Gasteiger partial charge in [-0.2, -0.15) is 5.10 Å². The van der Waals surface area contributed by atoms with Crippen LogP contribution in [-0.4, -0.2) is 28.1 Å². The molecule has 2 N–H and O–H groups in total. The number of carbonyl (C=O) groups excluding carboxylic acids is 2. The fourth-order valence-corrected chi connectivity index (χ4v) is 3.17. The molecular weight excluding hydrogens is 396 g/mol. The largest absolute Gasteiger partial charge is 0.467 e. The highest BCUT2D eigenvalue weighted by Gasteiger charge is 2.17. The number of hydrogen-bond donors (Lipinski definition) is 2. The highest BCUT2D eigenvalue weighted by molar-refractivity contribution is 6.05. The summed E-state index contributed by atoms with van der Waals surface area (Å²) >= 11 is 0. The number of furan rings is 1. The molecule has 0 bridgehead atoms. The van der Waals surface area contributed by atoms with E-state index in [1.54, 1.807) is 36.4 Å². The number of nitrogens with zero attached hydrogens (tertiary/aromatic N) is 2. The summed E-state index contributed by atoms with van der Waals surface area (Å²) < 4.78 is 6.42. The molecule has 2 aromatic heterocycles. The van der Waals surface area contributed by atoms with E-state index in [0.29, 0.717) is 16.5 Å². The topological polar surface area (TPSA) is 106 Å². The number of nitrogens with one attached hydrogen (secondary N) is 2. The second-order valence-electron chi connectivity index (χ2n) is 6.88. The highest BCUT2D eigenvalue weighted by atomic mass is 16.3. The Morgan fingerprint density at radius 1 is 0.903 bits per heavy atom. The van der Waals surface area contributed by atoms with E-state index in [0.717, 1.165) is 5.56 Å². The second-order valence-corrected chi connectivity index (χ2v) is 6.88. The van der Waals surface area contributed by atoms with Gasteiger partial charge in [-0.05, 0) is 23.8 Å². The van der Waals surface area contributed by atoms with E-state index in [1.807, 2.05) is 30.3 Å². The average molecular weight is 416 g/mol. The molecule has 0 radical (unpaired) electrons. The van der Waals surface area contributed by atoms with Gasteiger partial charge >= 0.3 is 0 Å². The van der Waals surface area contributed by atoms with Crippen molar-refractivity contribution in [1.29, 1.82) is 0 Å². The van der Waals surface area contributed by atoms with Crippen molar-refractivity contribution in [2.45, 2.75) is 13.1 Å². The fraction of sp³-hybridized carbons (Fsp3) is 0.130. The number of benzene rings is 2. The lowest BCUT2D eigenvalue weighted by Gasteiger charge is -2.11. The minimum Gasteiger partial charge on any atom is -0.467 e. The van der Waals surface area contributed by atoms with Crippen LogP contribution >= 0.6 is 0 Å². The maximum Gasteiger partial charge on any atom is 0.274 e. The number of carbonyl (C=O) groups is 2. The van der Waals surface area contributed by atoms with Gasteiger partial charge in [-0.3, -0.25) is 14.4 Å². The van der Waals surface area contributed by atoms with Gasteiger partial charge < -0.3 is 15.1 Å². The molecule has 4 rings (SSSR count). The number of aromatic nitrogens is 2. The van der Waals surface area contributed by atoms with Gasteiger partial charge in [-0.15, -0.1) is 0 Å². The Labute approximate surface area is 177 Å². The van der Waals surface area contributed by atoms with Gasteiger partial charge in [0.05, 0.1) is 31.3 Å². The van der Waals surface area contributed by atoms with E-state index < -0.39 is 5.91 Å². The fourth-order valence-electron chi connectivity index (χ4n) is 3.17. The molecule has 2 amide bonds. The summed E-state index contributed by atoms with van der Waals surface area (Å²) in [5.41, 5.74) is 0.688. The summed E-state index contributed by atoms with van der Waals surface area (Å²) in [6.07, 6.45) is 1.52. The maximum atomic E-state index is 12.9. The third-order valence-corrected chi connectivity index (χ3v) is 4.71. The Kier molecular flexibility index (Phi) is 5.89. The van der Waals surface area contributed by atoms with Crippen LogP contribution in [-0.2, 0) is 17.9 Å². The van der Waals surface area contributed by atoms with Gasteiger partial charge in [0.25, 0.3) is 11.5 Å². The van der Waals surface area contributed by atoms with Crippen LogP contribution < -0.4 is 16.2 Å². The predicted octanol–water partition coefficient (Wildman–Crippen LogP) is 2.08. The van der Waals surface area contributed by atoms with Gasteiger partial charge in [-0.1, -0.05) is 48.5 Å². The second kappa shape index (κ2) is 9.08. The lowest BCUT2D eigenvalue weighted by Crippen LogP contribution is -2.38. The third kappa shape index (κ3) is 4.69. The number of rotatable bonds is 7. The first-order valence-electron chi connectivity index (χ1n) is 9.73. The summed E-state index contributed by atoms with van der Waals surface area (Å²) in [6, 6.07) is 19.7. The van der Waals surface area contributed by atoms with Crippen LogP contribution in [0.3, 0.4) is 0 Å². The first kappa shape index (κ1) is 20.1. The van der Waals surface area contributed by atoms with Crippen LogP contribution in [0.25, 0.3) is 10.8 Å². The Bertz CT molecular complexity index is 1260. The van der Waals surface area contributed by atoms with Crippen molar-refractivity contribution in [2.24, 2.45) is 0 Å². The summed E-state index contributed by atoms with van der Waals surface area (Å²) in [5, 5.41) is 10.4. The molecular formula is C23H20N4O4. The highest BCUT2D eigenvalue weighted by Crippen LogP contribution is 2.14. The zero-order chi connectivity index (χ0) is 21.6. The first-order chi connectivity index (χ1) is 15.1. The molecule has 0 unspecified atom stereocenters. The van der Waals surface area contributed by atoms with Crippen molar-refractivity contribution in [1.82, 2.24) is 20.4 Å². The number of amides is 2. The molecule has 2 aromatic carbocycles. The zero-order valence-electron chi connectivity index (χ0n) is 16.6. The quantitative estimate of drug-likeness (QED) is 0.480. The van der Waals surface area contributed by atoms with E-state index in [4.69, 9.17) is 4.42 Å². The van der Waals surface area contributed by atoms with Gasteiger partial charge in [0.1, 0.15) is 5.76 Å². The normalized spacial score (nSPS) is 10.7. The predicted molar refractivity (Wildman–Crippen MR) is 114 cm³/mol. The van der Waals surface area contributed by atoms with Crippen LogP contribution in [0.4, 0.5) is 0 Å². The molecule has 4 aromatic rings. The van der Waals surface area contributed by atoms with E-state index in [2.05, 4.69) is 15.7 Å². The van der Waals surface area contributed by atoms with Crippen LogP contribution in [0.2, 0.25) is 0 Å². The molecule has 0 saturated heterocycles. The lowest BCUT2D eigenvalue weighted by molar-refractivity contribution is -0.120. The summed E-state index contributed by atoms with van der Waals surface area (Å²) in [7, 11) is 0. The van der Waals surface area contributed by atoms with Crippen LogP contribution in [0, 0.1) is 0 Å².